The van der Waals surface area contributed by atoms with Gasteiger partial charge in [0.1, 0.15) is 0 Å². The second-order valence-corrected chi connectivity index (χ2v) is 7.60. The summed E-state index contributed by atoms with van der Waals surface area (Å²) in [4.78, 5) is 49.8. The summed E-state index contributed by atoms with van der Waals surface area (Å²) in [6, 6.07) is 13.5. The number of hydrogen-bond donors (Lipinski definition) is 1. The SMILES string of the molecule is CC[C@H](C)c1ccccc1NC(=O)[C@@H](C)OC(=O)c1ccc(N2C(=O)CCC2=O)cc1. The molecule has 0 saturated carbocycles. The van der Waals surface area contributed by atoms with Gasteiger partial charge in [-0.25, -0.2) is 4.79 Å². The number of ether oxygens (including phenoxy) is 1. The van der Waals surface area contributed by atoms with E-state index in [1.807, 2.05) is 24.3 Å². The molecule has 1 N–H and O–H groups in total. The maximum atomic E-state index is 12.6. The molecule has 3 amide bonds. The molecule has 0 bridgehead atoms. The number of imide groups is 1. The van der Waals surface area contributed by atoms with E-state index in [4.69, 9.17) is 4.74 Å². The van der Waals surface area contributed by atoms with Crippen LogP contribution in [0.5, 0.6) is 0 Å². The fourth-order valence-electron chi connectivity index (χ4n) is 3.39. The molecule has 1 heterocycles. The van der Waals surface area contributed by atoms with Crippen molar-refractivity contribution in [1.29, 1.82) is 0 Å². The zero-order valence-corrected chi connectivity index (χ0v) is 17.9. The predicted molar refractivity (Wildman–Crippen MR) is 117 cm³/mol. The molecule has 31 heavy (non-hydrogen) atoms. The molecule has 1 aliphatic heterocycles. The van der Waals surface area contributed by atoms with Crippen LogP contribution in [0.4, 0.5) is 11.4 Å². The molecule has 0 spiro atoms. The van der Waals surface area contributed by atoms with Gasteiger partial charge in [-0.3, -0.25) is 19.3 Å². The first-order chi connectivity index (χ1) is 14.8. The van der Waals surface area contributed by atoms with E-state index in [0.717, 1.165) is 16.9 Å². The Bertz CT molecular complexity index is 983. The maximum absolute atomic E-state index is 12.6. The molecule has 0 unspecified atom stereocenters. The van der Waals surface area contributed by atoms with Crippen LogP contribution in [-0.2, 0) is 19.1 Å². The highest BCUT2D eigenvalue weighted by molar-refractivity contribution is 6.19. The number of benzene rings is 2. The fourth-order valence-corrected chi connectivity index (χ4v) is 3.39. The number of nitrogens with one attached hydrogen (secondary N) is 1. The third-order valence-electron chi connectivity index (χ3n) is 5.43. The third-order valence-corrected chi connectivity index (χ3v) is 5.43. The van der Waals surface area contributed by atoms with E-state index in [0.29, 0.717) is 11.4 Å². The first-order valence-corrected chi connectivity index (χ1v) is 10.4. The standard InChI is InChI=1S/C24H26N2O5/c1-4-15(2)19-7-5-6-8-20(19)25-23(29)16(3)31-24(30)17-9-11-18(12-10-17)26-21(27)13-14-22(26)28/h5-12,15-16H,4,13-14H2,1-3H3,(H,25,29)/t15-,16+/m0/s1. The van der Waals surface area contributed by atoms with Gasteiger partial charge in [0.05, 0.1) is 11.3 Å². The van der Waals surface area contributed by atoms with Gasteiger partial charge in [-0.2, -0.15) is 0 Å². The molecule has 1 fully saturated rings. The smallest absolute Gasteiger partial charge is 0.338 e. The number of hydrogen-bond acceptors (Lipinski definition) is 5. The van der Waals surface area contributed by atoms with Gasteiger partial charge >= 0.3 is 5.97 Å². The first kappa shape index (κ1) is 22.2. The number of amides is 3. The molecule has 3 rings (SSSR count). The van der Waals surface area contributed by atoms with Crippen LogP contribution in [0.25, 0.3) is 0 Å². The maximum Gasteiger partial charge on any atom is 0.338 e. The van der Waals surface area contributed by atoms with Gasteiger partial charge in [-0.15, -0.1) is 0 Å². The number of esters is 1. The predicted octanol–water partition coefficient (Wildman–Crippen LogP) is 4.04. The molecular weight excluding hydrogens is 396 g/mol. The van der Waals surface area contributed by atoms with Crippen molar-refractivity contribution in [2.45, 2.75) is 52.1 Å². The Kier molecular flexibility index (Phi) is 6.84. The Labute approximate surface area is 181 Å². The van der Waals surface area contributed by atoms with E-state index in [9.17, 15) is 19.2 Å². The molecule has 0 aromatic heterocycles. The van der Waals surface area contributed by atoms with Crippen LogP contribution in [0.1, 0.15) is 61.9 Å². The van der Waals surface area contributed by atoms with Gasteiger partial charge in [0, 0.05) is 18.5 Å². The summed E-state index contributed by atoms with van der Waals surface area (Å²) in [5, 5.41) is 2.84. The molecule has 0 aliphatic carbocycles. The largest absolute Gasteiger partial charge is 0.449 e. The van der Waals surface area contributed by atoms with Crippen LogP contribution < -0.4 is 10.2 Å². The minimum Gasteiger partial charge on any atom is -0.449 e. The Morgan fingerprint density at radius 3 is 2.23 bits per heavy atom. The van der Waals surface area contributed by atoms with Gasteiger partial charge < -0.3 is 10.1 Å². The Balaban J connectivity index is 1.63. The van der Waals surface area contributed by atoms with Crippen LogP contribution in [-0.4, -0.2) is 29.8 Å². The molecule has 2 aromatic rings. The van der Waals surface area contributed by atoms with Gasteiger partial charge in [0.25, 0.3) is 5.91 Å². The Morgan fingerprint density at radius 1 is 1.00 bits per heavy atom. The number of carbonyl (C=O) groups is 4. The van der Waals surface area contributed by atoms with E-state index in [-0.39, 0.29) is 36.1 Å². The van der Waals surface area contributed by atoms with E-state index in [2.05, 4.69) is 19.2 Å². The second kappa shape index (κ2) is 9.55. The molecule has 162 valence electrons. The summed E-state index contributed by atoms with van der Waals surface area (Å²) in [6.07, 6.45) is 0.311. The highest BCUT2D eigenvalue weighted by atomic mass is 16.5. The average molecular weight is 422 g/mol. The summed E-state index contributed by atoms with van der Waals surface area (Å²) in [6.45, 7) is 5.67. The highest BCUT2D eigenvalue weighted by Crippen LogP contribution is 2.27. The Hall–Kier alpha value is -3.48. The summed E-state index contributed by atoms with van der Waals surface area (Å²) in [7, 11) is 0. The van der Waals surface area contributed by atoms with E-state index < -0.39 is 18.0 Å². The number of carbonyl (C=O) groups excluding carboxylic acids is 4. The summed E-state index contributed by atoms with van der Waals surface area (Å²) < 4.78 is 5.31. The molecule has 2 aromatic carbocycles. The van der Waals surface area contributed by atoms with Crippen molar-refractivity contribution in [2.75, 3.05) is 10.2 Å². The molecule has 0 radical (unpaired) electrons. The van der Waals surface area contributed by atoms with Crippen LogP contribution in [0.2, 0.25) is 0 Å². The number of nitrogens with zero attached hydrogens (tertiary/aromatic N) is 1. The quantitative estimate of drug-likeness (QED) is 0.537. The van der Waals surface area contributed by atoms with Crippen LogP contribution in [0, 0.1) is 0 Å². The zero-order chi connectivity index (χ0) is 22.5. The van der Waals surface area contributed by atoms with E-state index in [1.165, 1.54) is 31.2 Å². The number of rotatable bonds is 7. The van der Waals surface area contributed by atoms with Crippen LogP contribution >= 0.6 is 0 Å². The van der Waals surface area contributed by atoms with Crippen molar-refractivity contribution in [3.05, 3.63) is 59.7 Å². The average Bonchev–Trinajstić information content (AvgIpc) is 3.11. The second-order valence-electron chi connectivity index (χ2n) is 7.60. The summed E-state index contributed by atoms with van der Waals surface area (Å²) in [5.74, 6) is -1.33. The minimum absolute atomic E-state index is 0.190. The zero-order valence-electron chi connectivity index (χ0n) is 17.9. The molecular formula is C24H26N2O5. The summed E-state index contributed by atoms with van der Waals surface area (Å²) >= 11 is 0. The van der Waals surface area contributed by atoms with E-state index >= 15 is 0 Å². The molecule has 1 aliphatic rings. The lowest BCUT2D eigenvalue weighted by molar-refractivity contribution is -0.124. The molecule has 7 heteroatoms. The van der Waals surface area contributed by atoms with Gasteiger partial charge in [-0.05, 0) is 55.2 Å². The lowest BCUT2D eigenvalue weighted by atomic mass is 9.97. The van der Waals surface area contributed by atoms with Crippen LogP contribution in [0.15, 0.2) is 48.5 Å². The Morgan fingerprint density at radius 2 is 1.61 bits per heavy atom. The monoisotopic (exact) mass is 422 g/mol. The van der Waals surface area contributed by atoms with Crippen molar-refractivity contribution >= 4 is 35.1 Å². The molecule has 1 saturated heterocycles. The van der Waals surface area contributed by atoms with Crippen molar-refractivity contribution in [1.82, 2.24) is 0 Å². The van der Waals surface area contributed by atoms with Crippen molar-refractivity contribution in [3.8, 4) is 0 Å². The topological polar surface area (TPSA) is 92.8 Å². The lowest BCUT2D eigenvalue weighted by Crippen LogP contribution is -2.30. The summed E-state index contributed by atoms with van der Waals surface area (Å²) in [5.41, 5.74) is 2.37. The van der Waals surface area contributed by atoms with E-state index in [1.54, 1.807) is 0 Å². The first-order valence-electron chi connectivity index (χ1n) is 10.4. The fraction of sp³-hybridized carbons (Fsp3) is 0.333. The van der Waals surface area contributed by atoms with Crippen molar-refractivity contribution < 1.29 is 23.9 Å². The van der Waals surface area contributed by atoms with Crippen molar-refractivity contribution in [3.63, 3.8) is 0 Å². The van der Waals surface area contributed by atoms with Crippen molar-refractivity contribution in [2.24, 2.45) is 0 Å². The number of para-hydroxylation sites is 1. The molecule has 7 nitrogen and oxygen atoms in total. The van der Waals surface area contributed by atoms with Gasteiger partial charge in [-0.1, -0.05) is 32.0 Å². The third kappa shape index (κ3) is 4.99. The number of anilines is 2. The minimum atomic E-state index is -1.00. The highest BCUT2D eigenvalue weighted by Gasteiger charge is 2.30. The molecule has 2 atom stereocenters. The lowest BCUT2D eigenvalue weighted by Gasteiger charge is -2.18. The van der Waals surface area contributed by atoms with Gasteiger partial charge in [0.2, 0.25) is 11.8 Å². The van der Waals surface area contributed by atoms with Crippen LogP contribution in [0.3, 0.4) is 0 Å². The normalized spacial score (nSPS) is 15.5. The van der Waals surface area contributed by atoms with Gasteiger partial charge in [0.15, 0.2) is 6.10 Å².